The predicted molar refractivity (Wildman–Crippen MR) is 116 cm³/mol. The van der Waals surface area contributed by atoms with E-state index in [0.29, 0.717) is 5.69 Å². The third-order valence-electron chi connectivity index (χ3n) is 6.13. The van der Waals surface area contributed by atoms with Crippen molar-refractivity contribution in [1.29, 1.82) is 0 Å². The van der Waals surface area contributed by atoms with Crippen LogP contribution < -0.4 is 10.2 Å². The minimum atomic E-state index is -0.285. The van der Waals surface area contributed by atoms with Crippen LogP contribution in [-0.4, -0.2) is 28.8 Å². The average molecular weight is 404 g/mol. The summed E-state index contributed by atoms with van der Waals surface area (Å²) in [4.78, 5) is 15.4. The highest BCUT2D eigenvalue weighted by atomic mass is 19.1. The number of nitrogens with one attached hydrogen (secondary N) is 1. The van der Waals surface area contributed by atoms with E-state index in [1.165, 1.54) is 24.2 Å². The van der Waals surface area contributed by atoms with Crippen molar-refractivity contribution >= 4 is 17.3 Å². The van der Waals surface area contributed by atoms with Gasteiger partial charge >= 0.3 is 0 Å². The molecule has 30 heavy (non-hydrogen) atoms. The molecule has 0 bridgehead atoms. The summed E-state index contributed by atoms with van der Waals surface area (Å²) in [5.41, 5.74) is 5.24. The first-order valence-electron chi connectivity index (χ1n) is 10.6. The van der Waals surface area contributed by atoms with Gasteiger partial charge in [-0.3, -0.25) is 4.79 Å². The number of amides is 1. The van der Waals surface area contributed by atoms with Crippen LogP contribution in [0.3, 0.4) is 0 Å². The zero-order chi connectivity index (χ0) is 20.7. The highest BCUT2D eigenvalue weighted by Gasteiger charge is 2.27. The van der Waals surface area contributed by atoms with Gasteiger partial charge in [-0.2, -0.15) is 5.10 Å². The lowest BCUT2D eigenvalue weighted by Gasteiger charge is -2.18. The zero-order valence-electron chi connectivity index (χ0n) is 17.1. The maximum absolute atomic E-state index is 13.3. The van der Waals surface area contributed by atoms with Crippen molar-refractivity contribution in [2.45, 2.75) is 32.6 Å². The van der Waals surface area contributed by atoms with Gasteiger partial charge in [0.1, 0.15) is 5.82 Å². The van der Waals surface area contributed by atoms with E-state index in [4.69, 9.17) is 0 Å². The molecule has 1 N–H and O–H groups in total. The van der Waals surface area contributed by atoms with Crippen molar-refractivity contribution in [3.05, 3.63) is 71.3 Å². The van der Waals surface area contributed by atoms with Crippen LogP contribution in [0.4, 0.5) is 15.8 Å². The van der Waals surface area contributed by atoms with E-state index < -0.39 is 0 Å². The second kappa shape index (κ2) is 7.59. The second-order valence-corrected chi connectivity index (χ2v) is 8.36. The van der Waals surface area contributed by atoms with Crippen molar-refractivity contribution in [2.75, 3.05) is 23.3 Å². The molecule has 0 saturated carbocycles. The van der Waals surface area contributed by atoms with Crippen molar-refractivity contribution in [1.82, 2.24) is 9.78 Å². The summed E-state index contributed by atoms with van der Waals surface area (Å²) < 4.78 is 15.1. The fourth-order valence-electron chi connectivity index (χ4n) is 4.53. The largest absolute Gasteiger partial charge is 0.371 e. The fraction of sp³-hybridized carbons (Fsp3) is 0.333. The lowest BCUT2D eigenvalue weighted by Crippen LogP contribution is -2.19. The Morgan fingerprint density at radius 2 is 1.80 bits per heavy atom. The molecule has 6 heteroatoms. The number of aromatic nitrogens is 2. The third kappa shape index (κ3) is 3.47. The molecule has 1 aliphatic carbocycles. The van der Waals surface area contributed by atoms with Crippen LogP contribution >= 0.6 is 0 Å². The number of fused-ring (bicyclic) bond motifs is 1. The van der Waals surface area contributed by atoms with Gasteiger partial charge in [-0.1, -0.05) is 6.92 Å². The van der Waals surface area contributed by atoms with Crippen molar-refractivity contribution in [2.24, 2.45) is 5.92 Å². The van der Waals surface area contributed by atoms with Crippen LogP contribution in [0.1, 0.15) is 41.5 Å². The Hall–Kier alpha value is -3.15. The Morgan fingerprint density at radius 1 is 1.07 bits per heavy atom. The molecule has 1 aliphatic heterocycles. The summed E-state index contributed by atoms with van der Waals surface area (Å²) in [5.74, 6) is 0.242. The Morgan fingerprint density at radius 3 is 2.50 bits per heavy atom. The summed E-state index contributed by atoms with van der Waals surface area (Å²) in [5, 5.41) is 7.59. The topological polar surface area (TPSA) is 50.2 Å². The Labute approximate surface area is 175 Å². The molecule has 1 atom stereocenters. The van der Waals surface area contributed by atoms with E-state index in [2.05, 4.69) is 34.4 Å². The third-order valence-corrected chi connectivity index (χ3v) is 6.13. The molecule has 2 aliphatic rings. The monoisotopic (exact) mass is 404 g/mol. The minimum absolute atomic E-state index is 0.198. The molecule has 1 amide bonds. The molecule has 3 aromatic rings. The predicted octanol–water partition coefficient (Wildman–Crippen LogP) is 4.60. The van der Waals surface area contributed by atoms with E-state index in [1.807, 2.05) is 12.1 Å². The number of halogens is 1. The Balaban J connectivity index is 1.36. The molecular formula is C24H25FN4O. The first-order valence-corrected chi connectivity index (χ1v) is 10.6. The van der Waals surface area contributed by atoms with E-state index >= 15 is 0 Å². The molecule has 0 spiro atoms. The molecule has 2 aromatic carbocycles. The van der Waals surface area contributed by atoms with Crippen LogP contribution in [-0.2, 0) is 12.8 Å². The van der Waals surface area contributed by atoms with Gasteiger partial charge in [0.25, 0.3) is 5.91 Å². The van der Waals surface area contributed by atoms with Crippen LogP contribution in [0.5, 0.6) is 0 Å². The SMILES string of the molecule is CC1CCN(c2ccc(NC(=O)c3nn(-c4ccc(F)cc4)c4c3CCC4)cc2)C1. The first-order chi connectivity index (χ1) is 14.6. The number of benzene rings is 2. The number of anilines is 2. The number of nitrogens with zero attached hydrogens (tertiary/aromatic N) is 3. The number of carbonyl (C=O) groups excluding carboxylic acids is 1. The van der Waals surface area contributed by atoms with Gasteiger partial charge in [0.2, 0.25) is 0 Å². The van der Waals surface area contributed by atoms with Crippen LogP contribution in [0.25, 0.3) is 5.69 Å². The first kappa shape index (κ1) is 18.9. The molecule has 1 fully saturated rings. The summed E-state index contributed by atoms with van der Waals surface area (Å²) in [7, 11) is 0. The van der Waals surface area contributed by atoms with Crippen LogP contribution in [0.15, 0.2) is 48.5 Å². The van der Waals surface area contributed by atoms with E-state index in [-0.39, 0.29) is 11.7 Å². The van der Waals surface area contributed by atoms with Crippen LogP contribution in [0, 0.1) is 11.7 Å². The van der Waals surface area contributed by atoms with E-state index in [0.717, 1.165) is 60.9 Å². The molecular weight excluding hydrogens is 379 g/mol. The average Bonchev–Trinajstić information content (AvgIpc) is 3.46. The van der Waals surface area contributed by atoms with Gasteiger partial charge in [-0.15, -0.1) is 0 Å². The maximum Gasteiger partial charge on any atom is 0.276 e. The number of hydrogen-bond acceptors (Lipinski definition) is 3. The van der Waals surface area contributed by atoms with E-state index in [1.54, 1.807) is 16.8 Å². The number of carbonyl (C=O) groups is 1. The summed E-state index contributed by atoms with van der Waals surface area (Å²) in [6.45, 7) is 4.44. The van der Waals surface area contributed by atoms with Gasteiger partial charge in [0, 0.05) is 35.7 Å². The molecule has 2 heterocycles. The lowest BCUT2D eigenvalue weighted by molar-refractivity contribution is 0.102. The number of rotatable bonds is 4. The highest BCUT2D eigenvalue weighted by molar-refractivity contribution is 6.04. The zero-order valence-corrected chi connectivity index (χ0v) is 17.1. The highest BCUT2D eigenvalue weighted by Crippen LogP contribution is 2.29. The van der Waals surface area contributed by atoms with E-state index in [9.17, 15) is 9.18 Å². The fourth-order valence-corrected chi connectivity index (χ4v) is 4.53. The number of hydrogen-bond donors (Lipinski definition) is 1. The standard InChI is InChI=1S/C24H25FN4O/c1-16-13-14-28(15-16)19-11-7-18(8-12-19)26-24(30)23-21-3-2-4-22(21)29(27-23)20-9-5-17(25)6-10-20/h5-12,16H,2-4,13-15H2,1H3,(H,26,30). The summed E-state index contributed by atoms with van der Waals surface area (Å²) in [6.07, 6.45) is 3.93. The minimum Gasteiger partial charge on any atom is -0.371 e. The van der Waals surface area contributed by atoms with Gasteiger partial charge < -0.3 is 10.2 Å². The molecule has 5 rings (SSSR count). The summed E-state index contributed by atoms with van der Waals surface area (Å²) in [6, 6.07) is 14.3. The normalized spacial score (nSPS) is 17.9. The summed E-state index contributed by atoms with van der Waals surface area (Å²) >= 11 is 0. The maximum atomic E-state index is 13.3. The van der Waals surface area contributed by atoms with Gasteiger partial charge in [-0.05, 0) is 80.1 Å². The molecule has 1 aromatic heterocycles. The molecule has 5 nitrogen and oxygen atoms in total. The Kier molecular flexibility index (Phi) is 4.77. The van der Waals surface area contributed by atoms with Crippen molar-refractivity contribution in [3.63, 3.8) is 0 Å². The van der Waals surface area contributed by atoms with Gasteiger partial charge in [0.15, 0.2) is 5.69 Å². The second-order valence-electron chi connectivity index (χ2n) is 8.36. The Bertz CT molecular complexity index is 1070. The smallest absolute Gasteiger partial charge is 0.276 e. The van der Waals surface area contributed by atoms with Crippen molar-refractivity contribution in [3.8, 4) is 5.69 Å². The quantitative estimate of drug-likeness (QED) is 0.692. The molecule has 0 radical (unpaired) electrons. The van der Waals surface area contributed by atoms with Crippen molar-refractivity contribution < 1.29 is 9.18 Å². The molecule has 1 unspecified atom stereocenters. The van der Waals surface area contributed by atoms with Gasteiger partial charge in [0.05, 0.1) is 5.69 Å². The van der Waals surface area contributed by atoms with Gasteiger partial charge in [-0.25, -0.2) is 9.07 Å². The molecule has 154 valence electrons. The molecule has 1 saturated heterocycles. The van der Waals surface area contributed by atoms with Crippen LogP contribution in [0.2, 0.25) is 0 Å². The lowest BCUT2D eigenvalue weighted by atomic mass is 10.2.